The molecule has 2 rings (SSSR count). The molecule has 5 heteroatoms. The Hall–Kier alpha value is -1.12. The van der Waals surface area contributed by atoms with Crippen LogP contribution in [0.2, 0.25) is 0 Å². The fourth-order valence-electron chi connectivity index (χ4n) is 2.31. The van der Waals surface area contributed by atoms with E-state index in [-0.39, 0.29) is 0 Å². The van der Waals surface area contributed by atoms with Crippen molar-refractivity contribution < 1.29 is 0 Å². The van der Waals surface area contributed by atoms with Crippen LogP contribution in [0.4, 0.5) is 5.82 Å². The largest absolute Gasteiger partial charge is 0.351 e. The van der Waals surface area contributed by atoms with Gasteiger partial charge in [0, 0.05) is 29.8 Å². The van der Waals surface area contributed by atoms with E-state index in [4.69, 9.17) is 5.26 Å². The predicted octanol–water partition coefficient (Wildman–Crippen LogP) is 1.90. The Bertz CT molecular complexity index is 441. The monoisotopic (exact) mass is 294 g/mol. The molecule has 4 nitrogen and oxygen atoms in total. The number of likely N-dealkylation sites (N-methyl/N-ethyl adjacent to an activating group) is 1. The van der Waals surface area contributed by atoms with Gasteiger partial charge in [0.05, 0.1) is 5.56 Å². The van der Waals surface area contributed by atoms with Crippen LogP contribution in [-0.2, 0) is 0 Å². The molecule has 0 aromatic carbocycles. The minimum absolute atomic E-state index is 0.445. The van der Waals surface area contributed by atoms with Crippen LogP contribution >= 0.6 is 15.9 Å². The van der Waals surface area contributed by atoms with Gasteiger partial charge < -0.3 is 10.2 Å². The quantitative estimate of drug-likeness (QED) is 0.925. The molecule has 0 aliphatic carbocycles. The van der Waals surface area contributed by atoms with E-state index in [2.05, 4.69) is 37.2 Å². The number of nitriles is 1. The first-order valence-electron chi connectivity index (χ1n) is 5.73. The van der Waals surface area contributed by atoms with Gasteiger partial charge in [0.1, 0.15) is 11.9 Å². The van der Waals surface area contributed by atoms with Gasteiger partial charge in [-0.1, -0.05) is 0 Å². The van der Waals surface area contributed by atoms with Gasteiger partial charge in [-0.2, -0.15) is 5.26 Å². The van der Waals surface area contributed by atoms with Crippen molar-refractivity contribution in [3.8, 4) is 6.07 Å². The molecule has 2 heterocycles. The van der Waals surface area contributed by atoms with Crippen LogP contribution in [-0.4, -0.2) is 31.2 Å². The summed E-state index contributed by atoms with van der Waals surface area (Å²) in [5, 5.41) is 12.4. The van der Waals surface area contributed by atoms with Crippen LogP contribution in [0.3, 0.4) is 0 Å². The van der Waals surface area contributed by atoms with E-state index in [1.165, 1.54) is 0 Å². The molecule has 1 aliphatic heterocycles. The second-order valence-corrected chi connectivity index (χ2v) is 5.10. The number of rotatable bonds is 3. The molecule has 0 bridgehead atoms. The molecule has 1 N–H and O–H groups in total. The van der Waals surface area contributed by atoms with Crippen LogP contribution in [0, 0.1) is 11.3 Å². The predicted molar refractivity (Wildman–Crippen MR) is 70.9 cm³/mol. The molecule has 90 valence electrons. The lowest BCUT2D eigenvalue weighted by Crippen LogP contribution is -2.37. The highest BCUT2D eigenvalue weighted by atomic mass is 79.9. The number of hydrogen-bond donors (Lipinski definition) is 1. The molecule has 0 amide bonds. The van der Waals surface area contributed by atoms with Crippen LogP contribution in [0.1, 0.15) is 18.4 Å². The molecule has 0 spiro atoms. The Morgan fingerprint density at radius 3 is 3.24 bits per heavy atom. The molecule has 1 aromatic rings. The number of hydrogen-bond acceptors (Lipinski definition) is 4. The van der Waals surface area contributed by atoms with E-state index >= 15 is 0 Å². The average Bonchev–Trinajstić information content (AvgIpc) is 2.77. The standard InChI is InChI=1S/C12H15BrN4/c1-15-8-11-3-2-4-17(11)12-9(6-14)5-10(13)7-16-12/h5,7,11,15H,2-4,8H2,1H3. The molecule has 0 radical (unpaired) electrons. The lowest BCUT2D eigenvalue weighted by atomic mass is 10.2. The van der Waals surface area contributed by atoms with Crippen molar-refractivity contribution in [2.75, 3.05) is 25.0 Å². The Morgan fingerprint density at radius 2 is 2.53 bits per heavy atom. The van der Waals surface area contributed by atoms with Crippen molar-refractivity contribution in [2.45, 2.75) is 18.9 Å². The number of aromatic nitrogens is 1. The molecule has 1 atom stereocenters. The number of pyridine rings is 1. The number of anilines is 1. The minimum Gasteiger partial charge on any atom is -0.351 e. The van der Waals surface area contributed by atoms with Gasteiger partial charge in [-0.25, -0.2) is 4.98 Å². The Balaban J connectivity index is 2.30. The molecule has 1 fully saturated rings. The second-order valence-electron chi connectivity index (χ2n) is 4.18. The lowest BCUT2D eigenvalue weighted by Gasteiger charge is -2.26. The van der Waals surface area contributed by atoms with E-state index in [0.29, 0.717) is 11.6 Å². The molecule has 1 unspecified atom stereocenters. The maximum atomic E-state index is 9.17. The molecular formula is C12H15BrN4. The van der Waals surface area contributed by atoms with Gasteiger partial charge in [0.15, 0.2) is 0 Å². The summed E-state index contributed by atoms with van der Waals surface area (Å²) in [6.45, 7) is 1.91. The maximum absolute atomic E-state index is 9.17. The van der Waals surface area contributed by atoms with Crippen molar-refractivity contribution >= 4 is 21.7 Å². The van der Waals surface area contributed by atoms with Crippen molar-refractivity contribution in [2.24, 2.45) is 0 Å². The van der Waals surface area contributed by atoms with Gasteiger partial charge in [0.2, 0.25) is 0 Å². The highest BCUT2D eigenvalue weighted by Gasteiger charge is 2.26. The SMILES string of the molecule is CNCC1CCCN1c1ncc(Br)cc1C#N. The van der Waals surface area contributed by atoms with Crippen LogP contribution < -0.4 is 10.2 Å². The van der Waals surface area contributed by atoms with Gasteiger partial charge in [0.25, 0.3) is 0 Å². The van der Waals surface area contributed by atoms with Crippen molar-refractivity contribution in [3.63, 3.8) is 0 Å². The highest BCUT2D eigenvalue weighted by Crippen LogP contribution is 2.27. The third kappa shape index (κ3) is 2.59. The third-order valence-corrected chi connectivity index (χ3v) is 3.48. The van der Waals surface area contributed by atoms with Crippen LogP contribution in [0.15, 0.2) is 16.7 Å². The molecule has 1 aromatic heterocycles. The number of nitrogens with zero attached hydrogens (tertiary/aromatic N) is 3. The van der Waals surface area contributed by atoms with Gasteiger partial charge >= 0.3 is 0 Å². The first-order chi connectivity index (χ1) is 8.26. The molecule has 17 heavy (non-hydrogen) atoms. The molecule has 0 saturated carbocycles. The topological polar surface area (TPSA) is 52.0 Å². The summed E-state index contributed by atoms with van der Waals surface area (Å²) in [5.41, 5.74) is 0.641. The zero-order valence-corrected chi connectivity index (χ0v) is 11.4. The average molecular weight is 295 g/mol. The van der Waals surface area contributed by atoms with E-state index in [1.807, 2.05) is 13.1 Å². The van der Waals surface area contributed by atoms with Crippen molar-refractivity contribution in [1.29, 1.82) is 5.26 Å². The Morgan fingerprint density at radius 1 is 1.71 bits per heavy atom. The summed E-state index contributed by atoms with van der Waals surface area (Å²) in [7, 11) is 1.96. The van der Waals surface area contributed by atoms with E-state index < -0.39 is 0 Å². The summed E-state index contributed by atoms with van der Waals surface area (Å²) in [6, 6.07) is 4.50. The van der Waals surface area contributed by atoms with E-state index in [9.17, 15) is 0 Å². The smallest absolute Gasteiger partial charge is 0.146 e. The van der Waals surface area contributed by atoms with Gasteiger partial charge in [-0.05, 0) is 41.9 Å². The minimum atomic E-state index is 0.445. The van der Waals surface area contributed by atoms with Crippen LogP contribution in [0.25, 0.3) is 0 Å². The van der Waals surface area contributed by atoms with Crippen molar-refractivity contribution in [1.82, 2.24) is 10.3 Å². The number of nitrogens with one attached hydrogen (secondary N) is 1. The summed E-state index contributed by atoms with van der Waals surface area (Å²) in [4.78, 5) is 6.63. The fraction of sp³-hybridized carbons (Fsp3) is 0.500. The summed E-state index contributed by atoms with van der Waals surface area (Å²) in [5.74, 6) is 0.813. The lowest BCUT2D eigenvalue weighted by molar-refractivity contribution is 0.611. The fourth-order valence-corrected chi connectivity index (χ4v) is 2.64. The van der Waals surface area contributed by atoms with Crippen LogP contribution in [0.5, 0.6) is 0 Å². The molecular weight excluding hydrogens is 280 g/mol. The summed E-state index contributed by atoms with van der Waals surface area (Å²) >= 11 is 3.35. The number of halogens is 1. The zero-order chi connectivity index (χ0) is 12.3. The van der Waals surface area contributed by atoms with Gasteiger partial charge in [-0.15, -0.1) is 0 Å². The second kappa shape index (κ2) is 5.48. The normalized spacial score (nSPS) is 19.4. The Labute approximate surface area is 110 Å². The first kappa shape index (κ1) is 12.3. The first-order valence-corrected chi connectivity index (χ1v) is 6.52. The molecule has 1 saturated heterocycles. The summed E-state index contributed by atoms with van der Waals surface area (Å²) < 4.78 is 0.849. The van der Waals surface area contributed by atoms with E-state index in [1.54, 1.807) is 6.20 Å². The third-order valence-electron chi connectivity index (χ3n) is 3.04. The highest BCUT2D eigenvalue weighted by molar-refractivity contribution is 9.10. The van der Waals surface area contributed by atoms with Crippen molar-refractivity contribution in [3.05, 3.63) is 22.3 Å². The zero-order valence-electron chi connectivity index (χ0n) is 9.78. The van der Waals surface area contributed by atoms with Gasteiger partial charge in [-0.3, -0.25) is 0 Å². The molecule has 1 aliphatic rings. The summed E-state index contributed by atoms with van der Waals surface area (Å²) in [6.07, 6.45) is 4.07. The Kier molecular flexibility index (Phi) is 3.97. The van der Waals surface area contributed by atoms with E-state index in [0.717, 1.165) is 36.2 Å². The maximum Gasteiger partial charge on any atom is 0.146 e.